The first-order chi connectivity index (χ1) is 11.3. The Balaban J connectivity index is 0.000000922. The van der Waals surface area contributed by atoms with Crippen LogP contribution in [0.5, 0.6) is 0 Å². The average Bonchev–Trinajstić information content (AvgIpc) is 2.49. The molecule has 0 atom stereocenters. The molecule has 0 saturated carbocycles. The first-order valence-electron chi connectivity index (χ1n) is 8.94. The van der Waals surface area contributed by atoms with Crippen LogP contribution in [-0.2, 0) is 6.42 Å². The zero-order valence-electron chi connectivity index (χ0n) is 14.6. The quantitative estimate of drug-likeness (QED) is 0.136. The molecule has 1 aromatic rings. The molecule has 0 bridgehead atoms. The SMILES string of the molecule is CCCCCCCCCCCCc1ccc(I)cc1.F[B-](F)(F)F. The fourth-order valence-electron chi connectivity index (χ4n) is 2.47. The highest BCUT2D eigenvalue weighted by molar-refractivity contribution is 14.1. The normalized spacial score (nSPS) is 11.1. The lowest BCUT2D eigenvalue weighted by atomic mass is 10.0. The van der Waals surface area contributed by atoms with E-state index >= 15 is 0 Å². The van der Waals surface area contributed by atoms with E-state index in [1.54, 1.807) is 0 Å². The molecule has 0 amide bonds. The second-order valence-corrected chi connectivity index (χ2v) is 7.30. The number of aryl methyl sites for hydroxylation is 1. The molecule has 0 heterocycles. The van der Waals surface area contributed by atoms with E-state index in [4.69, 9.17) is 0 Å². The summed E-state index contributed by atoms with van der Waals surface area (Å²) in [7, 11) is -6.00. The minimum Gasteiger partial charge on any atom is -0.418 e. The highest BCUT2D eigenvalue weighted by Crippen LogP contribution is 2.13. The third kappa shape index (κ3) is 19.8. The summed E-state index contributed by atoms with van der Waals surface area (Å²) in [5.74, 6) is 0. The maximum atomic E-state index is 9.75. The Labute approximate surface area is 158 Å². The molecule has 0 spiro atoms. The van der Waals surface area contributed by atoms with Crippen molar-refractivity contribution >= 4 is 29.8 Å². The molecule has 0 N–H and O–H groups in total. The Morgan fingerprint density at radius 2 is 1.08 bits per heavy atom. The highest BCUT2D eigenvalue weighted by Gasteiger charge is 2.20. The van der Waals surface area contributed by atoms with Crippen molar-refractivity contribution < 1.29 is 17.3 Å². The number of rotatable bonds is 11. The van der Waals surface area contributed by atoms with Crippen molar-refractivity contribution in [1.29, 1.82) is 0 Å². The average molecular weight is 459 g/mol. The van der Waals surface area contributed by atoms with Crippen LogP contribution in [0.4, 0.5) is 17.3 Å². The van der Waals surface area contributed by atoms with Crippen LogP contribution < -0.4 is 0 Å². The molecule has 0 aliphatic heterocycles. The van der Waals surface area contributed by atoms with Gasteiger partial charge in [0.1, 0.15) is 0 Å². The second kappa shape index (κ2) is 15.0. The molecule has 0 aliphatic rings. The molecule has 0 unspecified atom stereocenters. The Morgan fingerprint density at radius 3 is 1.50 bits per heavy atom. The smallest absolute Gasteiger partial charge is 0.418 e. The molecular weight excluding hydrogens is 430 g/mol. The number of hydrogen-bond donors (Lipinski definition) is 0. The van der Waals surface area contributed by atoms with Gasteiger partial charge in [-0.15, -0.1) is 0 Å². The first kappa shape index (κ1) is 23.7. The zero-order valence-corrected chi connectivity index (χ0v) is 16.7. The van der Waals surface area contributed by atoms with Gasteiger partial charge in [0.05, 0.1) is 0 Å². The standard InChI is InChI=1S/C18H29I.BF4/c1-2-3-4-5-6-7-8-9-10-11-12-17-13-15-18(19)16-14-17;2-1(3,4)5/h13-16H,2-12H2,1H3;/q;-1. The molecule has 0 saturated heterocycles. The maximum Gasteiger partial charge on any atom is 0.673 e. The number of halogens is 5. The van der Waals surface area contributed by atoms with E-state index in [-0.39, 0.29) is 0 Å². The summed E-state index contributed by atoms with van der Waals surface area (Å²) in [6.07, 6.45) is 15.5. The number of unbranched alkanes of at least 4 members (excludes halogenated alkanes) is 9. The molecule has 0 aromatic heterocycles. The first-order valence-corrected chi connectivity index (χ1v) is 10.0. The molecule has 0 nitrogen and oxygen atoms in total. The summed E-state index contributed by atoms with van der Waals surface area (Å²) in [5, 5.41) is 0. The summed E-state index contributed by atoms with van der Waals surface area (Å²) in [5.41, 5.74) is 1.50. The summed E-state index contributed by atoms with van der Waals surface area (Å²) in [6.45, 7) is 2.29. The number of hydrogen-bond acceptors (Lipinski definition) is 0. The van der Waals surface area contributed by atoms with E-state index in [0.29, 0.717) is 0 Å². The third-order valence-electron chi connectivity index (χ3n) is 3.73. The maximum absolute atomic E-state index is 9.75. The molecular formula is C18H29BF4I-. The van der Waals surface area contributed by atoms with Crippen molar-refractivity contribution in [2.24, 2.45) is 0 Å². The van der Waals surface area contributed by atoms with Gasteiger partial charge >= 0.3 is 7.25 Å². The molecule has 0 fully saturated rings. The molecule has 0 radical (unpaired) electrons. The van der Waals surface area contributed by atoms with Crippen LogP contribution in [0, 0.1) is 3.57 Å². The minimum atomic E-state index is -6.00. The third-order valence-corrected chi connectivity index (χ3v) is 4.45. The van der Waals surface area contributed by atoms with Gasteiger partial charge in [0.25, 0.3) is 0 Å². The van der Waals surface area contributed by atoms with E-state index in [0.717, 1.165) is 0 Å². The van der Waals surface area contributed by atoms with Crippen molar-refractivity contribution in [2.45, 2.75) is 77.6 Å². The van der Waals surface area contributed by atoms with E-state index in [9.17, 15) is 17.3 Å². The van der Waals surface area contributed by atoms with Crippen molar-refractivity contribution in [3.05, 3.63) is 33.4 Å². The largest absolute Gasteiger partial charge is 0.673 e. The molecule has 140 valence electrons. The van der Waals surface area contributed by atoms with Gasteiger partial charge in [-0.25, -0.2) is 0 Å². The Bertz CT molecular complexity index is 387. The predicted octanol–water partition coefficient (Wildman–Crippen LogP) is 8.05. The van der Waals surface area contributed by atoms with Crippen molar-refractivity contribution in [3.8, 4) is 0 Å². The zero-order chi connectivity index (χ0) is 18.3. The monoisotopic (exact) mass is 459 g/mol. The van der Waals surface area contributed by atoms with Gasteiger partial charge in [-0.2, -0.15) is 0 Å². The fraction of sp³-hybridized carbons (Fsp3) is 0.667. The van der Waals surface area contributed by atoms with Gasteiger partial charge in [0.2, 0.25) is 0 Å². The second-order valence-electron chi connectivity index (χ2n) is 6.05. The van der Waals surface area contributed by atoms with Crippen LogP contribution in [0.1, 0.15) is 76.7 Å². The molecule has 24 heavy (non-hydrogen) atoms. The fourth-order valence-corrected chi connectivity index (χ4v) is 2.83. The van der Waals surface area contributed by atoms with Crippen molar-refractivity contribution in [3.63, 3.8) is 0 Å². The summed E-state index contributed by atoms with van der Waals surface area (Å²) in [4.78, 5) is 0. The summed E-state index contributed by atoms with van der Waals surface area (Å²) in [6, 6.07) is 8.98. The van der Waals surface area contributed by atoms with Gasteiger partial charge < -0.3 is 17.3 Å². The van der Waals surface area contributed by atoms with Crippen LogP contribution in [0.25, 0.3) is 0 Å². The molecule has 0 aliphatic carbocycles. The molecule has 6 heteroatoms. The van der Waals surface area contributed by atoms with Gasteiger partial charge in [-0.3, -0.25) is 0 Å². The highest BCUT2D eigenvalue weighted by atomic mass is 127. The lowest BCUT2D eigenvalue weighted by molar-refractivity contribution is 0.368. The minimum absolute atomic E-state index is 1.26. The van der Waals surface area contributed by atoms with Crippen LogP contribution in [0.3, 0.4) is 0 Å². The summed E-state index contributed by atoms with van der Waals surface area (Å²) >= 11 is 2.37. The summed E-state index contributed by atoms with van der Waals surface area (Å²) < 4.78 is 40.3. The van der Waals surface area contributed by atoms with Crippen LogP contribution in [-0.4, -0.2) is 7.25 Å². The Hall–Kier alpha value is -0.265. The van der Waals surface area contributed by atoms with Crippen LogP contribution in [0.15, 0.2) is 24.3 Å². The van der Waals surface area contributed by atoms with Crippen LogP contribution in [0.2, 0.25) is 0 Å². The molecule has 1 aromatic carbocycles. The lowest BCUT2D eigenvalue weighted by Crippen LogP contribution is -2.02. The van der Waals surface area contributed by atoms with Gasteiger partial charge in [-0.05, 0) is 53.1 Å². The van der Waals surface area contributed by atoms with E-state index in [2.05, 4.69) is 53.8 Å². The Kier molecular flexibility index (Phi) is 14.9. The van der Waals surface area contributed by atoms with E-state index in [1.165, 1.54) is 79.8 Å². The van der Waals surface area contributed by atoms with Crippen molar-refractivity contribution in [2.75, 3.05) is 0 Å². The lowest BCUT2D eigenvalue weighted by Gasteiger charge is -2.03. The van der Waals surface area contributed by atoms with Crippen LogP contribution >= 0.6 is 22.6 Å². The number of benzene rings is 1. The van der Waals surface area contributed by atoms with Gasteiger partial charge in [-0.1, -0.05) is 76.8 Å². The van der Waals surface area contributed by atoms with E-state index in [1.807, 2.05) is 0 Å². The topological polar surface area (TPSA) is 0 Å². The van der Waals surface area contributed by atoms with E-state index < -0.39 is 7.25 Å². The predicted molar refractivity (Wildman–Crippen MR) is 105 cm³/mol. The Morgan fingerprint density at radius 1 is 0.708 bits per heavy atom. The van der Waals surface area contributed by atoms with Gasteiger partial charge in [0.15, 0.2) is 0 Å². The van der Waals surface area contributed by atoms with Crippen molar-refractivity contribution in [1.82, 2.24) is 0 Å². The van der Waals surface area contributed by atoms with Gasteiger partial charge in [0, 0.05) is 3.57 Å². The molecule has 1 rings (SSSR count).